The number of rotatable bonds is 5. The van der Waals surface area contributed by atoms with Crippen LogP contribution in [-0.2, 0) is 4.43 Å². The average Bonchev–Trinajstić information content (AvgIpc) is 2.33. The topological polar surface area (TPSA) is 30.8 Å². The number of hydrogen-bond donors (Lipinski definition) is 0. The van der Waals surface area contributed by atoms with Crippen LogP contribution in [0.5, 0.6) is 5.75 Å². The molecule has 1 aromatic carbocycles. The highest BCUT2D eigenvalue weighted by Gasteiger charge is 2.16. The van der Waals surface area contributed by atoms with Crippen molar-refractivity contribution in [2.24, 2.45) is 4.99 Å². The predicted octanol–water partition coefficient (Wildman–Crippen LogP) is 4.16. The van der Waals surface area contributed by atoms with Gasteiger partial charge in [0.15, 0.2) is 0 Å². The average molecular weight is 328 g/mol. The quantitative estimate of drug-likeness (QED) is 0.462. The van der Waals surface area contributed by atoms with Crippen LogP contribution in [0.1, 0.15) is 5.56 Å². The Kier molecular flexibility index (Phi) is 5.62. The van der Waals surface area contributed by atoms with Gasteiger partial charge in [-0.25, -0.2) is 4.99 Å². The predicted molar refractivity (Wildman–Crippen MR) is 82.0 cm³/mol. The van der Waals surface area contributed by atoms with E-state index in [2.05, 4.69) is 40.6 Å². The summed E-state index contributed by atoms with van der Waals surface area (Å²) < 4.78 is 10.9. The minimum Gasteiger partial charge on any atom is -0.531 e. The summed E-state index contributed by atoms with van der Waals surface area (Å²) in [6.07, 6.45) is 1.77. The number of methoxy groups -OCH3 is 1. The minimum absolute atomic E-state index is 0.602. The van der Waals surface area contributed by atoms with Crippen molar-refractivity contribution in [1.29, 1.82) is 0 Å². The molecule has 5 heteroatoms. The molecule has 0 aliphatic heterocycles. The van der Waals surface area contributed by atoms with E-state index in [9.17, 15) is 0 Å². The molecular weight excluding hydrogens is 310 g/mol. The van der Waals surface area contributed by atoms with E-state index < -0.39 is 8.32 Å². The van der Waals surface area contributed by atoms with Gasteiger partial charge in [0.1, 0.15) is 5.75 Å². The van der Waals surface area contributed by atoms with E-state index >= 15 is 0 Å². The molecule has 0 saturated carbocycles. The Labute approximate surface area is 118 Å². The molecule has 0 atom stereocenters. The Morgan fingerprint density at radius 3 is 2.28 bits per heavy atom. The van der Waals surface area contributed by atoms with Gasteiger partial charge in [-0.2, -0.15) is 0 Å². The summed E-state index contributed by atoms with van der Waals surface area (Å²) in [5.41, 5.74) is 1.00. The molecule has 0 N–H and O–H groups in total. The number of halogens is 1. The van der Waals surface area contributed by atoms with Crippen LogP contribution in [0.4, 0.5) is 0 Å². The summed E-state index contributed by atoms with van der Waals surface area (Å²) in [5.74, 6) is 1.44. The fourth-order valence-corrected chi connectivity index (χ4v) is 2.34. The summed E-state index contributed by atoms with van der Waals surface area (Å²) >= 11 is 3.27. The lowest BCUT2D eigenvalue weighted by molar-refractivity contribution is 0.415. The van der Waals surface area contributed by atoms with Crippen molar-refractivity contribution in [3.8, 4) is 5.75 Å². The van der Waals surface area contributed by atoms with Crippen molar-refractivity contribution in [1.82, 2.24) is 0 Å². The van der Waals surface area contributed by atoms with Gasteiger partial charge in [0.2, 0.25) is 14.2 Å². The number of ether oxygens (including phenoxy) is 1. The number of benzene rings is 1. The van der Waals surface area contributed by atoms with Crippen LogP contribution in [0.3, 0.4) is 0 Å². The van der Waals surface area contributed by atoms with Crippen LogP contribution in [0.15, 0.2) is 40.1 Å². The maximum atomic E-state index is 5.78. The van der Waals surface area contributed by atoms with Gasteiger partial charge >= 0.3 is 0 Å². The molecule has 0 fully saturated rings. The number of nitrogens with zero attached hydrogens (tertiary/aromatic N) is 1. The van der Waals surface area contributed by atoms with Crippen molar-refractivity contribution >= 4 is 30.5 Å². The molecule has 0 spiro atoms. The molecule has 0 amide bonds. The first-order valence-corrected chi connectivity index (χ1v) is 9.94. The van der Waals surface area contributed by atoms with Gasteiger partial charge in [-0.05, 0) is 49.5 Å². The van der Waals surface area contributed by atoms with Crippen molar-refractivity contribution in [3.05, 3.63) is 40.7 Å². The highest BCUT2D eigenvalue weighted by atomic mass is 79.9. The fourth-order valence-electron chi connectivity index (χ4n) is 1.22. The molecule has 0 aliphatic rings. The lowest BCUT2D eigenvalue weighted by Gasteiger charge is -2.18. The van der Waals surface area contributed by atoms with Crippen LogP contribution in [0.2, 0.25) is 19.6 Å². The monoisotopic (exact) mass is 327 g/mol. The van der Waals surface area contributed by atoms with Crippen LogP contribution < -0.4 is 4.74 Å². The normalized spacial score (nSPS) is 12.8. The zero-order valence-corrected chi connectivity index (χ0v) is 13.7. The zero-order chi connectivity index (χ0) is 13.6. The lowest BCUT2D eigenvalue weighted by atomic mass is 10.2. The Hall–Kier alpha value is -1.07. The first-order chi connectivity index (χ1) is 8.44. The number of aliphatic imine (C=N–C) groups is 1. The van der Waals surface area contributed by atoms with E-state index in [0.29, 0.717) is 5.88 Å². The van der Waals surface area contributed by atoms with Crippen molar-refractivity contribution in [3.63, 3.8) is 0 Å². The van der Waals surface area contributed by atoms with Crippen molar-refractivity contribution in [2.45, 2.75) is 19.6 Å². The Morgan fingerprint density at radius 2 is 1.83 bits per heavy atom. The fraction of sp³-hybridized carbons (Fsp3) is 0.308. The highest BCUT2D eigenvalue weighted by molar-refractivity contribution is 9.11. The smallest absolute Gasteiger partial charge is 0.244 e. The highest BCUT2D eigenvalue weighted by Crippen LogP contribution is 2.14. The molecule has 3 nitrogen and oxygen atoms in total. The summed E-state index contributed by atoms with van der Waals surface area (Å²) in [5, 5.41) is 0. The molecule has 0 bridgehead atoms. The molecule has 18 heavy (non-hydrogen) atoms. The van der Waals surface area contributed by atoms with Gasteiger partial charge in [-0.15, -0.1) is 0 Å². The van der Waals surface area contributed by atoms with Crippen molar-refractivity contribution < 1.29 is 9.16 Å². The molecule has 0 heterocycles. The SMILES string of the molecule is COc1ccc(/C=N/C(=C/Br)O[Si](C)(C)C)cc1. The van der Waals surface area contributed by atoms with E-state index in [1.165, 1.54) is 0 Å². The maximum Gasteiger partial charge on any atom is 0.244 e. The molecule has 0 aliphatic carbocycles. The Balaban J connectivity index is 2.72. The molecule has 0 saturated heterocycles. The maximum absolute atomic E-state index is 5.78. The van der Waals surface area contributed by atoms with Crippen LogP contribution in [0.25, 0.3) is 0 Å². The lowest BCUT2D eigenvalue weighted by Crippen LogP contribution is -2.24. The third-order valence-corrected chi connectivity index (χ3v) is 3.17. The molecular formula is C13H18BrNO2Si. The molecule has 0 aromatic heterocycles. The minimum atomic E-state index is -1.63. The molecule has 1 rings (SSSR count). The second kappa shape index (κ2) is 6.75. The second-order valence-electron chi connectivity index (χ2n) is 4.69. The van der Waals surface area contributed by atoms with Crippen LogP contribution in [-0.4, -0.2) is 21.6 Å². The summed E-state index contributed by atoms with van der Waals surface area (Å²) in [4.78, 5) is 6.01. The molecule has 0 unspecified atom stereocenters. The van der Waals surface area contributed by atoms with Gasteiger partial charge in [-0.1, -0.05) is 15.9 Å². The third-order valence-electron chi connectivity index (χ3n) is 1.96. The van der Waals surface area contributed by atoms with Crippen LogP contribution in [0, 0.1) is 0 Å². The first kappa shape index (κ1) is 15.0. The Bertz CT molecular complexity index is 435. The van der Waals surface area contributed by atoms with E-state index in [0.717, 1.165) is 11.3 Å². The first-order valence-electron chi connectivity index (χ1n) is 5.62. The molecule has 0 radical (unpaired) electrons. The van der Waals surface area contributed by atoms with Gasteiger partial charge in [0.05, 0.1) is 7.11 Å². The van der Waals surface area contributed by atoms with Crippen molar-refractivity contribution in [2.75, 3.05) is 7.11 Å². The standard InChI is InChI=1S/C13H18BrNO2Si/c1-16-12-7-5-11(6-8-12)10-15-13(9-14)17-18(2,3)4/h5-10H,1-4H3/b13-9-,15-10+. The molecule has 98 valence electrons. The van der Waals surface area contributed by atoms with E-state index in [-0.39, 0.29) is 0 Å². The van der Waals surface area contributed by atoms with E-state index in [1.54, 1.807) is 18.3 Å². The van der Waals surface area contributed by atoms with Gasteiger partial charge in [-0.3, -0.25) is 0 Å². The van der Waals surface area contributed by atoms with E-state index in [1.807, 2.05) is 24.3 Å². The second-order valence-corrected chi connectivity index (χ2v) is 9.58. The summed E-state index contributed by atoms with van der Waals surface area (Å²) in [7, 11) is 0.0232. The number of hydrogen-bond acceptors (Lipinski definition) is 3. The van der Waals surface area contributed by atoms with E-state index in [4.69, 9.17) is 9.16 Å². The van der Waals surface area contributed by atoms with Gasteiger partial charge in [0, 0.05) is 11.2 Å². The van der Waals surface area contributed by atoms with Gasteiger partial charge in [0.25, 0.3) is 0 Å². The summed E-state index contributed by atoms with van der Waals surface area (Å²) in [6, 6.07) is 7.70. The largest absolute Gasteiger partial charge is 0.531 e. The molecule has 1 aromatic rings. The summed E-state index contributed by atoms with van der Waals surface area (Å²) in [6.45, 7) is 6.35. The Morgan fingerprint density at radius 1 is 1.22 bits per heavy atom. The zero-order valence-electron chi connectivity index (χ0n) is 11.1. The van der Waals surface area contributed by atoms with Crippen LogP contribution >= 0.6 is 15.9 Å². The van der Waals surface area contributed by atoms with Gasteiger partial charge < -0.3 is 9.16 Å². The third kappa shape index (κ3) is 5.51.